The molecule has 0 radical (unpaired) electrons. The second-order valence-electron chi connectivity index (χ2n) is 2.95. The third-order valence-electron chi connectivity index (χ3n) is 2.10. The maximum atomic E-state index is 13.0. The number of fused-ring (bicyclic) bond motifs is 1. The lowest BCUT2D eigenvalue weighted by Crippen LogP contribution is -1.85. The molecule has 0 amide bonds. The molecule has 0 aliphatic heterocycles. The Morgan fingerprint density at radius 1 is 1.21 bits per heavy atom. The predicted molar refractivity (Wildman–Crippen MR) is 58.2 cm³/mol. The molecular formula is C11H8BrFO. The Labute approximate surface area is 89.6 Å². The lowest BCUT2D eigenvalue weighted by Gasteiger charge is -2.06. The molecule has 0 fully saturated rings. The highest BCUT2D eigenvalue weighted by Crippen LogP contribution is 2.33. The molecule has 2 rings (SSSR count). The number of rotatable bonds is 1. The SMILES string of the molecule is COc1ccc2ccc(F)cc2c1Br. The standard InChI is InChI=1S/C11H8BrFO/c1-14-10-5-3-7-2-4-8(13)6-9(7)11(10)12/h2-6H,1H3. The van der Waals surface area contributed by atoms with E-state index in [2.05, 4.69) is 15.9 Å². The van der Waals surface area contributed by atoms with Gasteiger partial charge in [0, 0.05) is 5.39 Å². The third-order valence-corrected chi connectivity index (χ3v) is 2.92. The molecule has 0 aliphatic carbocycles. The van der Waals surface area contributed by atoms with Crippen LogP contribution in [-0.4, -0.2) is 7.11 Å². The molecule has 0 N–H and O–H groups in total. The highest BCUT2D eigenvalue weighted by Gasteiger charge is 2.05. The maximum Gasteiger partial charge on any atom is 0.133 e. The van der Waals surface area contributed by atoms with Crippen LogP contribution in [0, 0.1) is 5.82 Å². The van der Waals surface area contributed by atoms with E-state index in [4.69, 9.17) is 4.74 Å². The topological polar surface area (TPSA) is 9.23 Å². The molecule has 0 aliphatic rings. The van der Waals surface area contributed by atoms with Gasteiger partial charge in [0.25, 0.3) is 0 Å². The van der Waals surface area contributed by atoms with Gasteiger partial charge in [-0.05, 0) is 39.5 Å². The summed E-state index contributed by atoms with van der Waals surface area (Å²) in [7, 11) is 1.59. The van der Waals surface area contributed by atoms with Crippen LogP contribution in [0.2, 0.25) is 0 Å². The summed E-state index contributed by atoms with van der Waals surface area (Å²) in [6.45, 7) is 0. The highest BCUT2D eigenvalue weighted by molar-refractivity contribution is 9.10. The van der Waals surface area contributed by atoms with Gasteiger partial charge in [-0.25, -0.2) is 4.39 Å². The number of hydrogen-bond donors (Lipinski definition) is 0. The first-order valence-electron chi connectivity index (χ1n) is 4.14. The van der Waals surface area contributed by atoms with Crippen LogP contribution >= 0.6 is 15.9 Å². The first-order valence-corrected chi connectivity index (χ1v) is 4.93. The van der Waals surface area contributed by atoms with E-state index in [0.717, 1.165) is 15.2 Å². The summed E-state index contributed by atoms with van der Waals surface area (Å²) in [5.41, 5.74) is 0. The molecule has 1 nitrogen and oxygen atoms in total. The second kappa shape index (κ2) is 3.58. The van der Waals surface area contributed by atoms with Gasteiger partial charge in [-0.3, -0.25) is 0 Å². The molecule has 0 aromatic heterocycles. The summed E-state index contributed by atoms with van der Waals surface area (Å²) in [4.78, 5) is 0. The fourth-order valence-electron chi connectivity index (χ4n) is 1.39. The average Bonchev–Trinajstić information content (AvgIpc) is 2.20. The molecule has 2 aromatic rings. The summed E-state index contributed by atoms with van der Waals surface area (Å²) in [6, 6.07) is 8.43. The quantitative estimate of drug-likeness (QED) is 0.754. The van der Waals surface area contributed by atoms with Crippen LogP contribution < -0.4 is 4.74 Å². The first kappa shape index (κ1) is 9.46. The van der Waals surface area contributed by atoms with Crippen molar-refractivity contribution in [1.29, 1.82) is 0 Å². The van der Waals surface area contributed by atoms with Crippen molar-refractivity contribution in [1.82, 2.24) is 0 Å². The van der Waals surface area contributed by atoms with E-state index in [0.29, 0.717) is 5.75 Å². The largest absolute Gasteiger partial charge is 0.496 e. The molecule has 0 saturated heterocycles. The van der Waals surface area contributed by atoms with Crippen molar-refractivity contribution in [2.45, 2.75) is 0 Å². The Balaban J connectivity index is 2.79. The predicted octanol–water partition coefficient (Wildman–Crippen LogP) is 3.75. The van der Waals surface area contributed by atoms with Gasteiger partial charge in [0.2, 0.25) is 0 Å². The molecule has 0 atom stereocenters. The van der Waals surface area contributed by atoms with Crippen molar-refractivity contribution < 1.29 is 9.13 Å². The Bertz CT molecular complexity index is 482. The molecule has 0 bridgehead atoms. The number of ether oxygens (including phenoxy) is 1. The summed E-state index contributed by atoms with van der Waals surface area (Å²) in [5.74, 6) is 0.467. The van der Waals surface area contributed by atoms with Crippen molar-refractivity contribution in [3.8, 4) is 5.75 Å². The van der Waals surface area contributed by atoms with E-state index in [1.54, 1.807) is 13.2 Å². The van der Waals surface area contributed by atoms with Crippen LogP contribution in [0.15, 0.2) is 34.8 Å². The monoisotopic (exact) mass is 254 g/mol. The zero-order chi connectivity index (χ0) is 10.1. The van der Waals surface area contributed by atoms with Gasteiger partial charge in [0.15, 0.2) is 0 Å². The summed E-state index contributed by atoms with van der Waals surface area (Å²) >= 11 is 3.38. The van der Waals surface area contributed by atoms with E-state index in [9.17, 15) is 4.39 Å². The smallest absolute Gasteiger partial charge is 0.133 e. The molecule has 2 aromatic carbocycles. The van der Waals surface area contributed by atoms with Gasteiger partial charge in [-0.1, -0.05) is 12.1 Å². The zero-order valence-corrected chi connectivity index (χ0v) is 9.14. The van der Waals surface area contributed by atoms with Gasteiger partial charge >= 0.3 is 0 Å². The van der Waals surface area contributed by atoms with E-state index in [1.165, 1.54) is 12.1 Å². The first-order chi connectivity index (χ1) is 6.72. The molecule has 14 heavy (non-hydrogen) atoms. The molecule has 0 saturated carbocycles. The number of halogens is 2. The van der Waals surface area contributed by atoms with Gasteiger partial charge in [0.1, 0.15) is 11.6 Å². The summed E-state index contributed by atoms with van der Waals surface area (Å²) in [5, 5.41) is 1.81. The molecule has 72 valence electrons. The number of hydrogen-bond acceptors (Lipinski definition) is 1. The molecule has 3 heteroatoms. The zero-order valence-electron chi connectivity index (χ0n) is 7.55. The minimum absolute atomic E-state index is 0.244. The van der Waals surface area contributed by atoms with Crippen LogP contribution in [0.5, 0.6) is 5.75 Å². The van der Waals surface area contributed by atoms with Gasteiger partial charge in [0.05, 0.1) is 11.6 Å². The number of benzene rings is 2. The van der Waals surface area contributed by atoms with Gasteiger partial charge < -0.3 is 4.74 Å². The van der Waals surface area contributed by atoms with Crippen LogP contribution in [0.3, 0.4) is 0 Å². The van der Waals surface area contributed by atoms with Crippen LogP contribution in [0.25, 0.3) is 10.8 Å². The Morgan fingerprint density at radius 2 is 1.93 bits per heavy atom. The fourth-order valence-corrected chi connectivity index (χ4v) is 2.03. The fraction of sp³-hybridized carbons (Fsp3) is 0.0909. The minimum atomic E-state index is -0.244. The van der Waals surface area contributed by atoms with Crippen LogP contribution in [-0.2, 0) is 0 Å². The average molecular weight is 255 g/mol. The summed E-state index contributed by atoms with van der Waals surface area (Å²) < 4.78 is 18.9. The minimum Gasteiger partial charge on any atom is -0.496 e. The molecule has 0 unspecified atom stereocenters. The van der Waals surface area contributed by atoms with E-state index in [1.807, 2.05) is 12.1 Å². The molecule has 0 heterocycles. The van der Waals surface area contributed by atoms with E-state index in [-0.39, 0.29) is 5.82 Å². The lowest BCUT2D eigenvalue weighted by molar-refractivity contribution is 0.413. The molecular weight excluding hydrogens is 247 g/mol. The van der Waals surface area contributed by atoms with Crippen LogP contribution in [0.1, 0.15) is 0 Å². The van der Waals surface area contributed by atoms with Crippen LogP contribution in [0.4, 0.5) is 4.39 Å². The van der Waals surface area contributed by atoms with Gasteiger partial charge in [-0.15, -0.1) is 0 Å². The van der Waals surface area contributed by atoms with Crippen molar-refractivity contribution in [3.05, 3.63) is 40.6 Å². The Morgan fingerprint density at radius 3 is 2.64 bits per heavy atom. The van der Waals surface area contributed by atoms with E-state index >= 15 is 0 Å². The van der Waals surface area contributed by atoms with Crippen molar-refractivity contribution in [3.63, 3.8) is 0 Å². The Hall–Kier alpha value is -1.09. The van der Waals surface area contributed by atoms with Crippen molar-refractivity contribution >= 4 is 26.7 Å². The van der Waals surface area contributed by atoms with E-state index < -0.39 is 0 Å². The lowest BCUT2D eigenvalue weighted by atomic mass is 10.1. The summed E-state index contributed by atoms with van der Waals surface area (Å²) in [6.07, 6.45) is 0. The Kier molecular flexibility index (Phi) is 2.42. The second-order valence-corrected chi connectivity index (χ2v) is 3.74. The van der Waals surface area contributed by atoms with Gasteiger partial charge in [-0.2, -0.15) is 0 Å². The number of methoxy groups -OCH3 is 1. The maximum absolute atomic E-state index is 13.0. The van der Waals surface area contributed by atoms with Crippen molar-refractivity contribution in [2.24, 2.45) is 0 Å². The third kappa shape index (κ3) is 1.48. The molecule has 0 spiro atoms. The van der Waals surface area contributed by atoms with Crippen molar-refractivity contribution in [2.75, 3.05) is 7.11 Å². The normalized spacial score (nSPS) is 10.5. The highest BCUT2D eigenvalue weighted by atomic mass is 79.9.